The van der Waals surface area contributed by atoms with Crippen molar-refractivity contribution in [3.8, 4) is 62.6 Å². The van der Waals surface area contributed by atoms with Crippen LogP contribution < -0.4 is 9.47 Å². The Hall–Kier alpha value is -5.80. The quantitative estimate of drug-likeness (QED) is 0.112. The van der Waals surface area contributed by atoms with Crippen LogP contribution in [0.1, 0.15) is 0 Å². The van der Waals surface area contributed by atoms with Gasteiger partial charge in [0.15, 0.2) is 0 Å². The number of rotatable bonds is 8. The molecule has 53 heavy (non-hydrogen) atoms. The van der Waals surface area contributed by atoms with E-state index in [4.69, 9.17) is 19.4 Å². The molecule has 0 aliphatic heterocycles. The molecule has 5 aromatic carbocycles. The number of ether oxygens (including phenoxy) is 2. The fourth-order valence-electron chi connectivity index (χ4n) is 5.96. The summed E-state index contributed by atoms with van der Waals surface area (Å²) in [5, 5.41) is 1.87. The van der Waals surface area contributed by atoms with Crippen LogP contribution in [0.15, 0.2) is 152 Å². The molecule has 0 aliphatic rings. The normalized spacial score (nSPS) is 10.7. The predicted molar refractivity (Wildman–Crippen MR) is 197 cm³/mol. The Morgan fingerprint density at radius 1 is 0.415 bits per heavy atom. The van der Waals surface area contributed by atoms with Gasteiger partial charge in [0.1, 0.15) is 0 Å². The molecule has 9 aromatic rings. The van der Waals surface area contributed by atoms with Crippen molar-refractivity contribution in [2.45, 2.75) is 0 Å². The van der Waals surface area contributed by atoms with E-state index in [-0.39, 0.29) is 40.8 Å². The second-order valence-corrected chi connectivity index (χ2v) is 11.6. The molecule has 0 fully saturated rings. The van der Waals surface area contributed by atoms with E-state index in [1.54, 1.807) is 12.4 Å². The van der Waals surface area contributed by atoms with Gasteiger partial charge in [0, 0.05) is 53.3 Å². The Labute approximate surface area is 333 Å². The Kier molecular flexibility index (Phi) is 10.6. The third-order valence-electron chi connectivity index (χ3n) is 8.34. The van der Waals surface area contributed by atoms with Gasteiger partial charge in [0.05, 0.1) is 0 Å². The van der Waals surface area contributed by atoms with Crippen molar-refractivity contribution in [3.63, 3.8) is 0 Å². The van der Waals surface area contributed by atoms with Crippen LogP contribution in [-0.2, 0) is 40.8 Å². The molecule has 9 rings (SSSR count). The minimum atomic E-state index is 0. The SMILES string of the molecule is [Pd+2].[Pd+2].[c-]1c(Oc2[c-]c3c(cc2)c2ccc(Oc4[c-]c(-c5ccccn5)ccc4)[c-]c2n3-c2ncc(-c3ccccc3)cn2)cccc1-c1ccccn1. The van der Waals surface area contributed by atoms with Crippen molar-refractivity contribution in [1.82, 2.24) is 24.5 Å². The summed E-state index contributed by atoms with van der Waals surface area (Å²) in [6.07, 6.45) is 7.17. The van der Waals surface area contributed by atoms with Crippen LogP contribution in [0.5, 0.6) is 23.0 Å². The van der Waals surface area contributed by atoms with Gasteiger partial charge in [-0.1, -0.05) is 77.8 Å². The third-order valence-corrected chi connectivity index (χ3v) is 8.34. The van der Waals surface area contributed by atoms with Gasteiger partial charge in [-0.25, -0.2) is 9.97 Å². The molecule has 0 bridgehead atoms. The van der Waals surface area contributed by atoms with E-state index in [1.165, 1.54) is 0 Å². The molecule has 0 radical (unpaired) electrons. The van der Waals surface area contributed by atoms with E-state index in [9.17, 15) is 0 Å². The summed E-state index contributed by atoms with van der Waals surface area (Å²) in [5.41, 5.74) is 6.69. The zero-order valence-electron chi connectivity index (χ0n) is 27.6. The van der Waals surface area contributed by atoms with Crippen LogP contribution in [-0.4, -0.2) is 24.5 Å². The van der Waals surface area contributed by atoms with Gasteiger partial charge in [0.25, 0.3) is 0 Å². The number of hydrogen-bond donors (Lipinski definition) is 0. The largest absolute Gasteiger partial charge is 2.00 e. The summed E-state index contributed by atoms with van der Waals surface area (Å²) in [7, 11) is 0. The van der Waals surface area contributed by atoms with Crippen molar-refractivity contribution < 1.29 is 50.3 Å². The first-order chi connectivity index (χ1) is 25.2. The summed E-state index contributed by atoms with van der Waals surface area (Å²) in [5.74, 6) is 2.58. The average Bonchev–Trinajstić information content (AvgIpc) is 3.52. The van der Waals surface area contributed by atoms with E-state index in [1.807, 2.05) is 144 Å². The minimum Gasteiger partial charge on any atom is -0.503 e. The number of pyridine rings is 2. The number of aromatic nitrogens is 5. The molecule has 0 spiro atoms. The minimum absolute atomic E-state index is 0. The molecule has 0 aliphatic carbocycles. The van der Waals surface area contributed by atoms with Crippen molar-refractivity contribution in [2.75, 3.05) is 0 Å². The molecule has 0 unspecified atom stereocenters. The smallest absolute Gasteiger partial charge is 0.503 e. The number of hydrogen-bond acceptors (Lipinski definition) is 6. The van der Waals surface area contributed by atoms with Gasteiger partial charge in [-0.05, 0) is 29.1 Å². The van der Waals surface area contributed by atoms with Gasteiger partial charge in [-0.3, -0.25) is 0 Å². The van der Waals surface area contributed by atoms with Crippen LogP contribution in [0.4, 0.5) is 0 Å². The monoisotopic (exact) mass is 867 g/mol. The summed E-state index contributed by atoms with van der Waals surface area (Å²) in [4.78, 5) is 18.5. The van der Waals surface area contributed by atoms with Gasteiger partial charge in [-0.2, -0.15) is 22.9 Å². The standard InChI is InChI=1S/C44H25N5O2.2Pd/c1-2-10-30(11-3-1)33-28-47-44(48-29-33)49-42-26-36(50-34-14-8-12-31(24-34)40-16-4-6-22-45-40)18-20-38(42)39-21-19-37(27-43(39)49)51-35-15-9-13-32(25-35)41-17-5-7-23-46-41;;/h1-23,28-29H;;/q-4;2*+2. The van der Waals surface area contributed by atoms with E-state index in [2.05, 4.69) is 34.2 Å². The van der Waals surface area contributed by atoms with Gasteiger partial charge in [-0.15, -0.1) is 71.8 Å². The van der Waals surface area contributed by atoms with Crippen LogP contribution >= 0.6 is 0 Å². The number of fused-ring (bicyclic) bond motifs is 3. The molecule has 0 N–H and O–H groups in total. The number of benzene rings is 5. The van der Waals surface area contributed by atoms with Gasteiger partial charge < -0.3 is 24.0 Å². The van der Waals surface area contributed by atoms with Crippen LogP contribution in [0, 0.1) is 24.3 Å². The van der Waals surface area contributed by atoms with E-state index < -0.39 is 0 Å². The molecule has 0 saturated heterocycles. The fourth-order valence-corrected chi connectivity index (χ4v) is 5.96. The molecule has 4 heterocycles. The molecule has 4 aromatic heterocycles. The molecule has 258 valence electrons. The summed E-state index contributed by atoms with van der Waals surface area (Å²) >= 11 is 0. The maximum Gasteiger partial charge on any atom is 2.00 e. The van der Waals surface area contributed by atoms with Crippen molar-refractivity contribution >= 4 is 21.8 Å². The molecule has 7 nitrogen and oxygen atoms in total. The second-order valence-electron chi connectivity index (χ2n) is 11.6. The second kappa shape index (κ2) is 15.8. The third kappa shape index (κ3) is 7.43. The summed E-state index contributed by atoms with van der Waals surface area (Å²) < 4.78 is 14.6. The molecule has 0 atom stereocenters. The van der Waals surface area contributed by atoms with E-state index in [0.29, 0.717) is 28.9 Å². The molecular formula is C44H25N5O2Pd2. The molecule has 9 heteroatoms. The van der Waals surface area contributed by atoms with Gasteiger partial charge in [0.2, 0.25) is 5.95 Å². The Morgan fingerprint density at radius 2 is 0.906 bits per heavy atom. The maximum absolute atomic E-state index is 6.33. The van der Waals surface area contributed by atoms with Crippen LogP contribution in [0.25, 0.3) is 61.4 Å². The predicted octanol–water partition coefficient (Wildman–Crippen LogP) is 10.1. The Bertz CT molecular complexity index is 2490. The summed E-state index contributed by atoms with van der Waals surface area (Å²) in [6.45, 7) is 0. The molecule has 0 amide bonds. The first-order valence-corrected chi connectivity index (χ1v) is 16.3. The topological polar surface area (TPSA) is 75.0 Å². The van der Waals surface area contributed by atoms with E-state index >= 15 is 0 Å². The van der Waals surface area contributed by atoms with Crippen molar-refractivity contribution in [1.29, 1.82) is 0 Å². The first kappa shape index (κ1) is 35.6. The Morgan fingerprint density at radius 3 is 1.40 bits per heavy atom. The van der Waals surface area contributed by atoms with Gasteiger partial charge >= 0.3 is 40.8 Å². The Balaban J connectivity index is 0.00000218. The van der Waals surface area contributed by atoms with Crippen molar-refractivity contribution in [2.24, 2.45) is 0 Å². The van der Waals surface area contributed by atoms with Crippen LogP contribution in [0.3, 0.4) is 0 Å². The maximum atomic E-state index is 6.33. The van der Waals surface area contributed by atoms with E-state index in [0.717, 1.165) is 55.4 Å². The van der Waals surface area contributed by atoms with Crippen LogP contribution in [0.2, 0.25) is 0 Å². The molecular weight excluding hydrogens is 843 g/mol. The average molecular weight is 869 g/mol. The first-order valence-electron chi connectivity index (χ1n) is 16.3. The fraction of sp³-hybridized carbons (Fsp3) is 0. The molecule has 0 saturated carbocycles. The zero-order valence-corrected chi connectivity index (χ0v) is 30.7. The summed E-state index contributed by atoms with van der Waals surface area (Å²) in [6, 6.07) is 54.5. The zero-order chi connectivity index (χ0) is 34.0. The van der Waals surface area contributed by atoms with Crippen molar-refractivity contribution in [3.05, 3.63) is 176 Å². The number of nitrogens with zero attached hydrogens (tertiary/aromatic N) is 5.